The molecule has 1 aliphatic heterocycles. The number of phenolic OH excluding ortho intramolecular Hbond substituents is 2. The van der Waals surface area contributed by atoms with Crippen molar-refractivity contribution in [1.29, 1.82) is 0 Å². The SMILES string of the molecule is Cc1cc(C2CCNC2)c(O)c(Cl)c1O. The van der Waals surface area contributed by atoms with Gasteiger partial charge in [0.1, 0.15) is 16.5 Å². The zero-order valence-corrected chi connectivity index (χ0v) is 9.30. The van der Waals surface area contributed by atoms with Crippen molar-refractivity contribution in [3.05, 3.63) is 22.2 Å². The van der Waals surface area contributed by atoms with Gasteiger partial charge in [0.15, 0.2) is 0 Å². The number of benzene rings is 1. The van der Waals surface area contributed by atoms with Crippen LogP contribution < -0.4 is 5.32 Å². The Bertz CT molecular complexity index is 387. The van der Waals surface area contributed by atoms with Crippen LogP contribution in [0.5, 0.6) is 11.5 Å². The maximum atomic E-state index is 9.84. The third kappa shape index (κ3) is 1.77. The second-order valence-corrected chi connectivity index (χ2v) is 4.36. The first-order chi connectivity index (χ1) is 7.11. The highest BCUT2D eigenvalue weighted by molar-refractivity contribution is 6.33. The van der Waals surface area contributed by atoms with Crippen molar-refractivity contribution in [2.45, 2.75) is 19.3 Å². The summed E-state index contributed by atoms with van der Waals surface area (Å²) in [6.45, 7) is 3.60. The van der Waals surface area contributed by atoms with E-state index in [-0.39, 0.29) is 16.5 Å². The van der Waals surface area contributed by atoms with Gasteiger partial charge in [0.2, 0.25) is 0 Å². The molecule has 1 heterocycles. The molecule has 1 unspecified atom stereocenters. The van der Waals surface area contributed by atoms with Gasteiger partial charge >= 0.3 is 0 Å². The standard InChI is InChI=1S/C11H14ClNO2/c1-6-4-8(7-2-3-13-5-7)11(15)9(12)10(6)14/h4,7,13-15H,2-3,5H2,1H3. The zero-order valence-electron chi connectivity index (χ0n) is 8.55. The molecule has 0 amide bonds. The Morgan fingerprint density at radius 1 is 1.40 bits per heavy atom. The van der Waals surface area contributed by atoms with Gasteiger partial charge in [0.25, 0.3) is 0 Å². The van der Waals surface area contributed by atoms with Gasteiger partial charge in [-0.2, -0.15) is 0 Å². The number of nitrogens with one attached hydrogen (secondary N) is 1. The van der Waals surface area contributed by atoms with E-state index in [4.69, 9.17) is 11.6 Å². The minimum absolute atomic E-state index is 0.0217. The number of phenols is 2. The first kappa shape index (κ1) is 10.6. The molecule has 4 heteroatoms. The second kappa shape index (κ2) is 3.91. The van der Waals surface area contributed by atoms with E-state index in [0.29, 0.717) is 11.5 Å². The summed E-state index contributed by atoms with van der Waals surface area (Å²) < 4.78 is 0. The zero-order chi connectivity index (χ0) is 11.0. The van der Waals surface area contributed by atoms with Crippen LogP contribution in [-0.4, -0.2) is 23.3 Å². The number of hydrogen-bond donors (Lipinski definition) is 3. The summed E-state index contributed by atoms with van der Waals surface area (Å²) in [5.74, 6) is 0.291. The number of aromatic hydroxyl groups is 2. The summed E-state index contributed by atoms with van der Waals surface area (Å²) in [5, 5.41) is 22.7. The van der Waals surface area contributed by atoms with Crippen molar-refractivity contribution in [1.82, 2.24) is 5.32 Å². The van der Waals surface area contributed by atoms with Crippen LogP contribution in [0.1, 0.15) is 23.5 Å². The maximum Gasteiger partial charge on any atom is 0.141 e. The number of aryl methyl sites for hydroxylation is 1. The lowest BCUT2D eigenvalue weighted by atomic mass is 9.95. The van der Waals surface area contributed by atoms with Gasteiger partial charge in [-0.1, -0.05) is 11.6 Å². The van der Waals surface area contributed by atoms with Crippen LogP contribution in [0.2, 0.25) is 5.02 Å². The molecule has 0 radical (unpaired) electrons. The van der Waals surface area contributed by atoms with Gasteiger partial charge in [0, 0.05) is 18.0 Å². The summed E-state index contributed by atoms with van der Waals surface area (Å²) in [4.78, 5) is 0. The minimum atomic E-state index is -0.0242. The highest BCUT2D eigenvalue weighted by Crippen LogP contribution is 2.42. The Balaban J connectivity index is 2.47. The molecular weight excluding hydrogens is 214 g/mol. The average molecular weight is 228 g/mol. The van der Waals surface area contributed by atoms with Crippen molar-refractivity contribution < 1.29 is 10.2 Å². The molecule has 1 atom stereocenters. The van der Waals surface area contributed by atoms with Crippen molar-refractivity contribution in [2.75, 3.05) is 13.1 Å². The Labute approximate surface area is 93.7 Å². The molecular formula is C11H14ClNO2. The molecule has 0 aromatic heterocycles. The van der Waals surface area contributed by atoms with Crippen molar-refractivity contribution in [3.63, 3.8) is 0 Å². The van der Waals surface area contributed by atoms with E-state index in [2.05, 4.69) is 5.32 Å². The highest BCUT2D eigenvalue weighted by Gasteiger charge is 2.23. The molecule has 1 aromatic rings. The van der Waals surface area contributed by atoms with Gasteiger partial charge in [-0.3, -0.25) is 0 Å². The fraction of sp³-hybridized carbons (Fsp3) is 0.455. The second-order valence-electron chi connectivity index (χ2n) is 3.98. The van der Waals surface area contributed by atoms with Crippen LogP contribution in [0.3, 0.4) is 0 Å². The van der Waals surface area contributed by atoms with Crippen molar-refractivity contribution in [3.8, 4) is 11.5 Å². The predicted octanol–water partition coefficient (Wildman–Crippen LogP) is 2.14. The number of halogens is 1. The first-order valence-electron chi connectivity index (χ1n) is 5.03. The number of hydrogen-bond acceptors (Lipinski definition) is 3. The van der Waals surface area contributed by atoms with Crippen LogP contribution in [0.4, 0.5) is 0 Å². The van der Waals surface area contributed by atoms with Crippen molar-refractivity contribution in [2.24, 2.45) is 0 Å². The Morgan fingerprint density at radius 3 is 2.73 bits per heavy atom. The third-order valence-electron chi connectivity index (χ3n) is 2.93. The summed E-state index contributed by atoms with van der Waals surface area (Å²) in [5.41, 5.74) is 1.54. The molecule has 1 aromatic carbocycles. The summed E-state index contributed by atoms with van der Waals surface area (Å²) in [6, 6.07) is 1.81. The van der Waals surface area contributed by atoms with Gasteiger partial charge < -0.3 is 15.5 Å². The summed E-state index contributed by atoms with van der Waals surface area (Å²) in [6.07, 6.45) is 0.994. The monoisotopic (exact) mass is 227 g/mol. The molecule has 1 fully saturated rings. The fourth-order valence-corrected chi connectivity index (χ4v) is 2.27. The third-order valence-corrected chi connectivity index (χ3v) is 3.29. The lowest BCUT2D eigenvalue weighted by Gasteiger charge is -2.14. The van der Waals surface area contributed by atoms with E-state index in [0.717, 1.165) is 25.1 Å². The Hall–Kier alpha value is -0.930. The highest BCUT2D eigenvalue weighted by atomic mass is 35.5. The van der Waals surface area contributed by atoms with Crippen molar-refractivity contribution >= 4 is 11.6 Å². The topological polar surface area (TPSA) is 52.5 Å². The Kier molecular flexibility index (Phi) is 2.76. The molecule has 1 aliphatic rings. The van der Waals surface area contributed by atoms with E-state index in [1.807, 2.05) is 6.07 Å². The summed E-state index contributed by atoms with van der Waals surface area (Å²) >= 11 is 5.85. The van der Waals surface area contributed by atoms with Crippen LogP contribution in [0.15, 0.2) is 6.07 Å². The van der Waals surface area contributed by atoms with Gasteiger partial charge in [0.05, 0.1) is 0 Å². The van der Waals surface area contributed by atoms with Gasteiger partial charge in [-0.25, -0.2) is 0 Å². The summed E-state index contributed by atoms with van der Waals surface area (Å²) in [7, 11) is 0. The van der Waals surface area contributed by atoms with Gasteiger partial charge in [-0.15, -0.1) is 0 Å². The Morgan fingerprint density at radius 2 is 2.13 bits per heavy atom. The molecule has 3 N–H and O–H groups in total. The van der Waals surface area contributed by atoms with E-state index in [1.54, 1.807) is 6.92 Å². The largest absolute Gasteiger partial charge is 0.506 e. The molecule has 3 nitrogen and oxygen atoms in total. The molecule has 15 heavy (non-hydrogen) atoms. The van der Waals surface area contributed by atoms with E-state index in [1.165, 1.54) is 0 Å². The van der Waals surface area contributed by atoms with Crippen LogP contribution in [-0.2, 0) is 0 Å². The quantitative estimate of drug-likeness (QED) is 0.689. The van der Waals surface area contributed by atoms with Crippen LogP contribution >= 0.6 is 11.6 Å². The molecule has 0 bridgehead atoms. The molecule has 1 saturated heterocycles. The van der Waals surface area contributed by atoms with Gasteiger partial charge in [-0.05, 0) is 31.5 Å². The molecule has 0 spiro atoms. The van der Waals surface area contributed by atoms with Crippen LogP contribution in [0, 0.1) is 6.92 Å². The molecule has 0 saturated carbocycles. The molecule has 0 aliphatic carbocycles. The lowest BCUT2D eigenvalue weighted by molar-refractivity contribution is 0.440. The number of rotatable bonds is 1. The minimum Gasteiger partial charge on any atom is -0.506 e. The lowest BCUT2D eigenvalue weighted by Crippen LogP contribution is -2.08. The normalized spacial score (nSPS) is 20.8. The molecule has 82 valence electrons. The van der Waals surface area contributed by atoms with Crippen LogP contribution in [0.25, 0.3) is 0 Å². The van der Waals surface area contributed by atoms with E-state index in [9.17, 15) is 10.2 Å². The molecule has 2 rings (SSSR count). The van der Waals surface area contributed by atoms with E-state index >= 15 is 0 Å². The fourth-order valence-electron chi connectivity index (χ4n) is 2.01. The average Bonchev–Trinajstić information content (AvgIpc) is 2.73. The predicted molar refractivity (Wildman–Crippen MR) is 59.7 cm³/mol. The smallest absolute Gasteiger partial charge is 0.141 e. The maximum absolute atomic E-state index is 9.84. The van der Waals surface area contributed by atoms with E-state index < -0.39 is 0 Å². The first-order valence-corrected chi connectivity index (χ1v) is 5.40.